The van der Waals surface area contributed by atoms with Gasteiger partial charge in [0.2, 0.25) is 65.0 Å². The summed E-state index contributed by atoms with van der Waals surface area (Å²) in [5.41, 5.74) is 22.7. The third-order valence-electron chi connectivity index (χ3n) is 14.7. The number of primary amides is 1. The maximum atomic E-state index is 14.6. The fraction of sp³-hybridized carbons (Fsp3) is 0.629. The molecule has 0 spiro atoms. The number of rotatable bonds is 50. The van der Waals surface area contributed by atoms with Crippen LogP contribution in [0.25, 0.3) is 0 Å². The summed E-state index contributed by atoms with van der Waals surface area (Å²) >= 11 is 1.34. The highest BCUT2D eigenvalue weighted by atomic mass is 32.2. The Morgan fingerprint density at radius 3 is 1.13 bits per heavy atom. The molecule has 11 amide bonds. The number of phenols is 1. The molecule has 0 radical (unpaired) electrons. The molecule has 24 N–H and O–H groups in total. The third kappa shape index (κ3) is 36.6. The molecule has 0 unspecified atom stereocenters. The molecule has 0 aromatic heterocycles. The van der Waals surface area contributed by atoms with Gasteiger partial charge >= 0.3 is 29.8 Å². The number of carbonyl (C=O) groups excluding carboxylic acids is 11. The first kappa shape index (κ1) is 88.1. The van der Waals surface area contributed by atoms with Gasteiger partial charge in [-0.1, -0.05) is 53.7 Å². The molecule has 1 aromatic rings. The average molecular weight is 1440 g/mol. The maximum Gasteiger partial charge on any atom is 0.326 e. The van der Waals surface area contributed by atoms with Crippen LogP contribution >= 0.6 is 11.8 Å². The average Bonchev–Trinajstić information content (AvgIpc) is 0.857. The number of benzene rings is 1. The van der Waals surface area contributed by atoms with E-state index in [9.17, 15) is 97.1 Å². The zero-order chi connectivity index (χ0) is 76.1. The van der Waals surface area contributed by atoms with E-state index in [1.165, 1.54) is 36.0 Å². The Hall–Kier alpha value is -9.88. The number of thioether (sulfide) groups is 1. The van der Waals surface area contributed by atoms with Crippen LogP contribution in [0.1, 0.15) is 143 Å². The number of aliphatic imine (C=N–C) groups is 1. The second kappa shape index (κ2) is 45.7. The Balaban J connectivity index is 3.79. The highest BCUT2D eigenvalue weighted by molar-refractivity contribution is 7.98. The standard InChI is InChI=1S/C62H99N15O22S/c1-30(2)25-41(73-51(88)35(63)14-19-47(80)81)56(93)71-39(22-24-100-7)55(92)75-42(26-31(3)4)57(94)68-36(9-8-23-67-62(65)66)52(89)74-43(27-32(5)6)58(95)69-37(15-18-46(64)79)54(91)77-45(29-50(86)87)60(97)76-44(28-33-10-12-34(78)13-11-33)59(96)70-38(16-20-48(82)83)53(90)72-40(61(98)99)17-21-49(84)85/h10-13,30-32,35-45,78H,8-9,14-29,63H2,1-7H3,(H2,64,79)(H,68,94)(H,69,95)(H,70,96)(H,71,93)(H,72,90)(H,73,88)(H,74,89)(H,75,92)(H,76,97)(H,77,91)(H,80,81)(H,82,83)(H,84,85)(H,86,87)(H,98,99)(H4,65,66,67)/t35-,36-,37-,38-,39-,40-,41-,42-,43-,44-,45-/m0/s1. The van der Waals surface area contributed by atoms with Crippen LogP contribution in [-0.2, 0) is 83.1 Å². The fourth-order valence-corrected chi connectivity index (χ4v) is 10.1. The monoisotopic (exact) mass is 1440 g/mol. The van der Waals surface area contributed by atoms with Crippen LogP contribution in [0.15, 0.2) is 29.3 Å². The normalized spacial score (nSPS) is 14.4. The van der Waals surface area contributed by atoms with Crippen LogP contribution in [0.3, 0.4) is 0 Å². The van der Waals surface area contributed by atoms with E-state index in [2.05, 4.69) is 52.8 Å². The summed E-state index contributed by atoms with van der Waals surface area (Å²) in [6.45, 7) is 10.3. The van der Waals surface area contributed by atoms with Crippen molar-refractivity contribution in [1.82, 2.24) is 53.2 Å². The molecular formula is C62H99N15O22S. The van der Waals surface area contributed by atoms with Crippen LogP contribution in [0.2, 0.25) is 0 Å². The van der Waals surface area contributed by atoms with Crippen molar-refractivity contribution in [3.63, 3.8) is 0 Å². The topological polar surface area (TPSA) is 631 Å². The molecule has 37 nitrogen and oxygen atoms in total. The summed E-state index contributed by atoms with van der Waals surface area (Å²) in [7, 11) is 0. The van der Waals surface area contributed by atoms with Crippen LogP contribution in [0.4, 0.5) is 0 Å². The largest absolute Gasteiger partial charge is 0.508 e. The molecule has 100 heavy (non-hydrogen) atoms. The second-order valence-electron chi connectivity index (χ2n) is 24.9. The minimum Gasteiger partial charge on any atom is -0.508 e. The number of aliphatic carboxylic acids is 5. The number of carboxylic acids is 5. The van der Waals surface area contributed by atoms with Gasteiger partial charge in [-0.25, -0.2) is 4.79 Å². The van der Waals surface area contributed by atoms with Crippen molar-refractivity contribution >= 4 is 113 Å². The van der Waals surface area contributed by atoms with Crippen molar-refractivity contribution in [3.8, 4) is 5.75 Å². The molecule has 0 bridgehead atoms. The summed E-state index contributed by atoms with van der Waals surface area (Å²) in [6, 6.07) is -12.9. The number of amides is 11. The number of nitrogens with two attached hydrogens (primary N) is 4. The highest BCUT2D eigenvalue weighted by Gasteiger charge is 2.38. The second-order valence-corrected chi connectivity index (χ2v) is 25.9. The van der Waals surface area contributed by atoms with E-state index in [1.807, 2.05) is 5.32 Å². The lowest BCUT2D eigenvalue weighted by molar-refractivity contribution is -0.144. The van der Waals surface area contributed by atoms with E-state index in [1.54, 1.807) is 47.8 Å². The summed E-state index contributed by atoms with van der Waals surface area (Å²) in [5.74, 6) is -20.3. The van der Waals surface area contributed by atoms with Crippen molar-refractivity contribution in [2.75, 3.05) is 18.6 Å². The minimum absolute atomic E-state index is 0.0273. The van der Waals surface area contributed by atoms with Gasteiger partial charge in [-0.2, -0.15) is 11.8 Å². The molecule has 0 fully saturated rings. The molecule has 0 aliphatic rings. The van der Waals surface area contributed by atoms with Gasteiger partial charge < -0.3 is 107 Å². The van der Waals surface area contributed by atoms with Gasteiger partial charge in [0.1, 0.15) is 66.2 Å². The van der Waals surface area contributed by atoms with Crippen LogP contribution in [-0.4, -0.2) is 216 Å². The van der Waals surface area contributed by atoms with Gasteiger partial charge in [-0.05, 0) is 112 Å². The van der Waals surface area contributed by atoms with Crippen LogP contribution < -0.4 is 76.1 Å². The molecule has 0 aliphatic heterocycles. The lowest BCUT2D eigenvalue weighted by atomic mass is 9.99. The van der Waals surface area contributed by atoms with Crippen molar-refractivity contribution in [2.24, 2.45) is 45.7 Å². The van der Waals surface area contributed by atoms with Crippen LogP contribution in [0.5, 0.6) is 5.75 Å². The molecule has 0 saturated heterocycles. The minimum atomic E-state index is -2.14. The number of aromatic hydroxyl groups is 1. The molecule has 1 rings (SSSR count). The van der Waals surface area contributed by atoms with Crippen molar-refractivity contribution in [3.05, 3.63) is 29.8 Å². The van der Waals surface area contributed by atoms with E-state index < -0.39 is 225 Å². The number of hydrogen-bond donors (Lipinski definition) is 20. The lowest BCUT2D eigenvalue weighted by Gasteiger charge is -2.29. The summed E-state index contributed by atoms with van der Waals surface area (Å²) in [4.78, 5) is 215. The van der Waals surface area contributed by atoms with Crippen molar-refractivity contribution in [1.29, 1.82) is 0 Å². The van der Waals surface area contributed by atoms with Gasteiger partial charge in [0.25, 0.3) is 0 Å². The van der Waals surface area contributed by atoms with E-state index in [0.717, 1.165) is 0 Å². The lowest BCUT2D eigenvalue weighted by Crippen LogP contribution is -2.61. The van der Waals surface area contributed by atoms with Gasteiger partial charge in [-0.3, -0.25) is 76.9 Å². The quantitative estimate of drug-likeness (QED) is 0.0171. The number of phenolic OH excluding ortho intramolecular Hbond substituents is 1. The molecule has 1 aromatic carbocycles. The number of carbonyl (C=O) groups is 16. The van der Waals surface area contributed by atoms with Gasteiger partial charge in [0.15, 0.2) is 5.96 Å². The highest BCUT2D eigenvalue weighted by Crippen LogP contribution is 2.16. The zero-order valence-electron chi connectivity index (χ0n) is 57.0. The Morgan fingerprint density at radius 2 is 0.740 bits per heavy atom. The predicted molar refractivity (Wildman–Crippen MR) is 359 cm³/mol. The van der Waals surface area contributed by atoms with E-state index in [-0.39, 0.29) is 80.6 Å². The number of guanidine groups is 1. The first-order valence-electron chi connectivity index (χ1n) is 32.2. The summed E-state index contributed by atoms with van der Waals surface area (Å²) < 4.78 is 0. The van der Waals surface area contributed by atoms with Crippen LogP contribution in [0, 0.1) is 17.8 Å². The number of nitrogens with one attached hydrogen (secondary N) is 10. The molecule has 11 atom stereocenters. The third-order valence-corrected chi connectivity index (χ3v) is 15.4. The Labute approximate surface area is 581 Å². The van der Waals surface area contributed by atoms with Gasteiger partial charge in [0, 0.05) is 38.6 Å². The van der Waals surface area contributed by atoms with E-state index in [0.29, 0.717) is 5.75 Å². The Morgan fingerprint density at radius 1 is 0.410 bits per heavy atom. The predicted octanol–water partition coefficient (Wildman–Crippen LogP) is -3.53. The number of hydrogen-bond acceptors (Lipinski definition) is 20. The summed E-state index contributed by atoms with van der Waals surface area (Å²) in [6.07, 6.45) is -5.01. The molecule has 0 aliphatic carbocycles. The van der Waals surface area contributed by atoms with Gasteiger partial charge in [0.05, 0.1) is 12.5 Å². The molecule has 0 heterocycles. The zero-order valence-corrected chi connectivity index (χ0v) is 57.8. The molecule has 0 saturated carbocycles. The number of carboxylic acid groups (broad SMARTS) is 5. The fourth-order valence-electron chi connectivity index (χ4n) is 9.60. The molecular weight excluding hydrogens is 1340 g/mol. The maximum absolute atomic E-state index is 14.6. The SMILES string of the molecule is CSCC[C@H](NC(=O)[C@H](CC(C)C)NC(=O)[C@@H](N)CCC(=O)O)C(=O)N[C@@H](CC(C)C)C(=O)N[C@@H](CCCN=C(N)N)C(=O)N[C@@H](CC(C)C)C(=O)N[C@@H](CCC(N)=O)C(=O)N[C@@H](CC(=O)O)C(=O)N[C@@H](Cc1ccc(O)cc1)C(=O)N[C@@H](CCC(=O)O)C(=O)N[C@@H](CCC(=O)O)C(=O)O. The Kier molecular flexibility index (Phi) is 40.2. The van der Waals surface area contributed by atoms with E-state index >= 15 is 0 Å². The molecule has 560 valence electrons. The van der Waals surface area contributed by atoms with E-state index in [4.69, 9.17) is 33.1 Å². The van der Waals surface area contributed by atoms with Crippen molar-refractivity contribution < 1.29 is 107 Å². The van der Waals surface area contributed by atoms with Gasteiger partial charge in [-0.15, -0.1) is 0 Å². The van der Waals surface area contributed by atoms with Crippen molar-refractivity contribution in [2.45, 2.75) is 211 Å². The number of nitrogens with zero attached hydrogens (tertiary/aromatic N) is 1. The summed E-state index contributed by atoms with van der Waals surface area (Å²) in [5, 5.41) is 81.6. The Bertz CT molecular complexity index is 3020. The first-order chi connectivity index (χ1) is 46.7. The first-order valence-corrected chi connectivity index (χ1v) is 33.6. The smallest absolute Gasteiger partial charge is 0.326 e. The molecule has 38 heteroatoms.